The predicted molar refractivity (Wildman–Crippen MR) is 73.5 cm³/mol. The average Bonchev–Trinajstić information content (AvgIpc) is 2.25. The molecule has 1 nitrogen and oxygen atoms in total. The molecule has 1 saturated carbocycles. The summed E-state index contributed by atoms with van der Waals surface area (Å²) in [5.74, 6) is 1.05. The molecule has 90 valence electrons. The lowest BCUT2D eigenvalue weighted by Gasteiger charge is -2.27. The summed E-state index contributed by atoms with van der Waals surface area (Å²) in [5.41, 5.74) is 1.32. The first-order valence-electron chi connectivity index (χ1n) is 6.03. The van der Waals surface area contributed by atoms with E-state index in [1.54, 1.807) is 0 Å². The molecule has 0 unspecified atom stereocenters. The van der Waals surface area contributed by atoms with E-state index in [9.17, 15) is 0 Å². The van der Waals surface area contributed by atoms with Crippen LogP contribution < -0.4 is 0 Å². The summed E-state index contributed by atoms with van der Waals surface area (Å²) in [6, 6.07) is 0. The van der Waals surface area contributed by atoms with E-state index < -0.39 is 0 Å². The molecule has 0 aromatic heterocycles. The van der Waals surface area contributed by atoms with E-state index in [-0.39, 0.29) is 0 Å². The normalized spacial score (nSPS) is 19.6. The van der Waals surface area contributed by atoms with Crippen LogP contribution in [0.15, 0.2) is 34.0 Å². The molecular weight excluding hydrogens is 264 g/mol. The van der Waals surface area contributed by atoms with Crippen LogP contribution in [-0.2, 0) is 4.74 Å². The number of hydrogen-bond acceptors (Lipinski definition) is 1. The number of allylic oxidation sites excluding steroid dienone is 5. The van der Waals surface area contributed by atoms with Crippen LogP contribution in [0.1, 0.15) is 46.5 Å². The molecule has 1 fully saturated rings. The summed E-state index contributed by atoms with van der Waals surface area (Å²) in [7, 11) is 0. The van der Waals surface area contributed by atoms with Gasteiger partial charge in [0.25, 0.3) is 0 Å². The van der Waals surface area contributed by atoms with Crippen molar-refractivity contribution in [3.63, 3.8) is 0 Å². The lowest BCUT2D eigenvalue weighted by molar-refractivity contribution is 0.0572. The van der Waals surface area contributed by atoms with Gasteiger partial charge in [0.2, 0.25) is 0 Å². The smallest absolute Gasteiger partial charge is 0.118 e. The van der Waals surface area contributed by atoms with E-state index in [0.717, 1.165) is 16.7 Å². The molecule has 0 aromatic rings. The molecule has 1 rings (SSSR count). The van der Waals surface area contributed by atoms with E-state index in [2.05, 4.69) is 35.9 Å². The zero-order chi connectivity index (χ0) is 12.0. The van der Waals surface area contributed by atoms with Gasteiger partial charge >= 0.3 is 0 Å². The van der Waals surface area contributed by atoms with E-state index in [4.69, 9.17) is 4.74 Å². The third kappa shape index (κ3) is 4.17. The van der Waals surface area contributed by atoms with Gasteiger partial charge in [-0.05, 0) is 57.3 Å². The maximum absolute atomic E-state index is 5.98. The van der Waals surface area contributed by atoms with Gasteiger partial charge < -0.3 is 4.74 Å². The topological polar surface area (TPSA) is 9.23 Å². The Morgan fingerprint density at radius 3 is 2.50 bits per heavy atom. The minimum Gasteiger partial charge on any atom is -0.491 e. The minimum absolute atomic E-state index is 0.450. The van der Waals surface area contributed by atoms with Crippen LogP contribution in [0.5, 0.6) is 0 Å². The van der Waals surface area contributed by atoms with Gasteiger partial charge in [0, 0.05) is 4.48 Å². The van der Waals surface area contributed by atoms with Crippen molar-refractivity contribution in [2.24, 2.45) is 0 Å². The van der Waals surface area contributed by atoms with E-state index in [1.807, 2.05) is 19.1 Å². The van der Waals surface area contributed by atoms with Crippen molar-refractivity contribution in [2.45, 2.75) is 52.6 Å². The molecule has 2 heteroatoms. The van der Waals surface area contributed by atoms with Gasteiger partial charge in [-0.1, -0.05) is 28.9 Å². The van der Waals surface area contributed by atoms with E-state index in [1.165, 1.54) is 24.8 Å². The molecular formula is C14H21BrO. The maximum Gasteiger partial charge on any atom is 0.118 e. The molecule has 0 heterocycles. The second kappa shape index (κ2) is 6.95. The monoisotopic (exact) mass is 284 g/mol. The Kier molecular flexibility index (Phi) is 5.89. The largest absolute Gasteiger partial charge is 0.491 e. The summed E-state index contributed by atoms with van der Waals surface area (Å²) in [5, 5.41) is 0. The highest BCUT2D eigenvalue weighted by molar-refractivity contribution is 9.11. The fourth-order valence-corrected chi connectivity index (χ4v) is 1.51. The van der Waals surface area contributed by atoms with Crippen LogP contribution >= 0.6 is 15.9 Å². The van der Waals surface area contributed by atoms with Crippen molar-refractivity contribution in [1.29, 1.82) is 0 Å². The molecule has 1 aliphatic rings. The van der Waals surface area contributed by atoms with E-state index in [0.29, 0.717) is 6.10 Å². The molecule has 0 aliphatic heterocycles. The SMILES string of the molecule is C/C=C(Br)\C=C/C(OC1CCC1)=C(C)CC. The molecule has 0 radical (unpaired) electrons. The number of hydrogen-bond donors (Lipinski definition) is 0. The Balaban J connectivity index is 2.67. The molecule has 0 spiro atoms. The number of halogens is 1. The van der Waals surface area contributed by atoms with Crippen LogP contribution in [0.2, 0.25) is 0 Å². The van der Waals surface area contributed by atoms with Crippen molar-refractivity contribution >= 4 is 15.9 Å². The second-order valence-corrected chi connectivity index (χ2v) is 5.09. The molecule has 0 atom stereocenters. The maximum atomic E-state index is 5.98. The van der Waals surface area contributed by atoms with Crippen molar-refractivity contribution in [1.82, 2.24) is 0 Å². The van der Waals surface area contributed by atoms with Gasteiger partial charge in [-0.2, -0.15) is 0 Å². The van der Waals surface area contributed by atoms with Crippen molar-refractivity contribution in [3.05, 3.63) is 34.0 Å². The summed E-state index contributed by atoms with van der Waals surface area (Å²) in [6.07, 6.45) is 11.4. The molecule has 0 amide bonds. The van der Waals surface area contributed by atoms with Gasteiger partial charge in [0.15, 0.2) is 0 Å². The van der Waals surface area contributed by atoms with Crippen LogP contribution in [0.25, 0.3) is 0 Å². The first-order valence-corrected chi connectivity index (χ1v) is 6.83. The third-order valence-corrected chi connectivity index (χ3v) is 3.69. The van der Waals surface area contributed by atoms with Crippen LogP contribution in [-0.4, -0.2) is 6.10 Å². The Bertz CT molecular complexity index is 309. The minimum atomic E-state index is 0.450. The lowest BCUT2D eigenvalue weighted by Crippen LogP contribution is -2.21. The van der Waals surface area contributed by atoms with Gasteiger partial charge in [-0.3, -0.25) is 0 Å². The highest BCUT2D eigenvalue weighted by Crippen LogP contribution is 2.26. The van der Waals surface area contributed by atoms with Gasteiger partial charge in [-0.15, -0.1) is 0 Å². The van der Waals surface area contributed by atoms with Crippen LogP contribution in [0.3, 0.4) is 0 Å². The first-order chi connectivity index (χ1) is 7.67. The Morgan fingerprint density at radius 1 is 1.38 bits per heavy atom. The Labute approximate surface area is 107 Å². The third-order valence-electron chi connectivity index (χ3n) is 2.97. The Hall–Kier alpha value is -0.500. The lowest BCUT2D eigenvalue weighted by atomic mass is 9.96. The highest BCUT2D eigenvalue weighted by Gasteiger charge is 2.19. The van der Waals surface area contributed by atoms with E-state index >= 15 is 0 Å². The summed E-state index contributed by atoms with van der Waals surface area (Å²) < 4.78 is 7.07. The summed E-state index contributed by atoms with van der Waals surface area (Å²) in [6.45, 7) is 6.32. The van der Waals surface area contributed by atoms with Gasteiger partial charge in [-0.25, -0.2) is 0 Å². The standard InChI is InChI=1S/C14H21BrO/c1-4-11(3)14(10-9-12(15)5-2)16-13-7-6-8-13/h5,9-10,13H,4,6-8H2,1-3H3/b10-9-,12-5+,14-11?. The summed E-state index contributed by atoms with van der Waals surface area (Å²) >= 11 is 3.47. The van der Waals surface area contributed by atoms with Crippen molar-refractivity contribution in [3.8, 4) is 0 Å². The number of rotatable bonds is 5. The molecule has 0 bridgehead atoms. The fourth-order valence-electron chi connectivity index (χ4n) is 1.38. The molecule has 0 N–H and O–H groups in total. The van der Waals surface area contributed by atoms with Gasteiger partial charge in [0.1, 0.15) is 5.76 Å². The van der Waals surface area contributed by atoms with Crippen molar-refractivity contribution in [2.75, 3.05) is 0 Å². The van der Waals surface area contributed by atoms with Gasteiger partial charge in [0.05, 0.1) is 6.10 Å². The zero-order valence-corrected chi connectivity index (χ0v) is 12.0. The summed E-state index contributed by atoms with van der Waals surface area (Å²) in [4.78, 5) is 0. The molecule has 1 aliphatic carbocycles. The zero-order valence-electron chi connectivity index (χ0n) is 10.4. The predicted octanol–water partition coefficient (Wildman–Crippen LogP) is 5.09. The fraction of sp³-hybridized carbons (Fsp3) is 0.571. The quantitative estimate of drug-likeness (QED) is 0.504. The van der Waals surface area contributed by atoms with Crippen LogP contribution in [0, 0.1) is 0 Å². The molecule has 16 heavy (non-hydrogen) atoms. The second-order valence-electron chi connectivity index (χ2n) is 4.18. The highest BCUT2D eigenvalue weighted by atomic mass is 79.9. The average molecular weight is 285 g/mol. The Morgan fingerprint density at radius 2 is 2.06 bits per heavy atom. The van der Waals surface area contributed by atoms with Crippen LogP contribution in [0.4, 0.5) is 0 Å². The first kappa shape index (κ1) is 13.6. The molecule has 0 aromatic carbocycles. The number of ether oxygens (including phenoxy) is 1. The molecule has 0 saturated heterocycles. The van der Waals surface area contributed by atoms with Crippen molar-refractivity contribution < 1.29 is 4.74 Å².